The molecule has 6 aromatic carbocycles. The monoisotopic (exact) mass is 521 g/mol. The molecule has 0 fully saturated rings. The minimum Gasteiger partial charge on any atom is -0.455 e. The van der Waals surface area contributed by atoms with Crippen LogP contribution in [0.5, 0.6) is 0 Å². The van der Waals surface area contributed by atoms with Crippen LogP contribution in [0.3, 0.4) is 0 Å². The number of fused-ring (bicyclic) bond motifs is 12. The van der Waals surface area contributed by atoms with Gasteiger partial charge in [0.1, 0.15) is 11.2 Å². The number of nitrogens with zero attached hydrogens (tertiary/aromatic N) is 1. The van der Waals surface area contributed by atoms with E-state index < -0.39 is 0 Å². The van der Waals surface area contributed by atoms with Crippen LogP contribution in [-0.2, 0) is 0 Å². The minimum atomic E-state index is 0.905. The summed E-state index contributed by atoms with van der Waals surface area (Å²) in [5.41, 5.74) is 14.8. The third-order valence-corrected chi connectivity index (χ3v) is 8.52. The molecule has 0 bridgehead atoms. The Morgan fingerprint density at radius 2 is 0.878 bits per heavy atom. The zero-order chi connectivity index (χ0) is 26.9. The van der Waals surface area contributed by atoms with Crippen LogP contribution in [0.2, 0.25) is 0 Å². The van der Waals surface area contributed by atoms with Crippen molar-refractivity contribution in [1.29, 1.82) is 0 Å². The molecule has 0 radical (unpaired) electrons. The summed E-state index contributed by atoms with van der Waals surface area (Å²) < 4.78 is 6.46. The number of rotatable bonds is 1. The van der Waals surface area contributed by atoms with Gasteiger partial charge in [-0.15, -0.1) is 0 Å². The Bertz CT molecular complexity index is 2320. The zero-order valence-corrected chi connectivity index (χ0v) is 22.1. The summed E-state index contributed by atoms with van der Waals surface area (Å²) in [6, 6.07) is 47.7. The Hall–Kier alpha value is -5.47. The van der Waals surface area contributed by atoms with Crippen molar-refractivity contribution in [3.05, 3.63) is 140 Å². The quantitative estimate of drug-likeness (QED) is 0.215. The van der Waals surface area contributed by atoms with Crippen molar-refractivity contribution in [2.24, 2.45) is 0 Å². The van der Waals surface area contributed by atoms with Gasteiger partial charge >= 0.3 is 0 Å². The second-order valence-corrected chi connectivity index (χ2v) is 10.7. The molecule has 0 aliphatic heterocycles. The first kappa shape index (κ1) is 22.4. The van der Waals surface area contributed by atoms with E-state index in [0.717, 1.165) is 44.0 Å². The molecule has 190 valence electrons. The van der Waals surface area contributed by atoms with E-state index in [4.69, 9.17) is 9.40 Å². The van der Waals surface area contributed by atoms with Crippen LogP contribution < -0.4 is 0 Å². The molecule has 41 heavy (non-hydrogen) atoms. The van der Waals surface area contributed by atoms with E-state index in [1.165, 1.54) is 44.5 Å². The van der Waals surface area contributed by atoms with E-state index in [1.54, 1.807) is 0 Å². The lowest BCUT2D eigenvalue weighted by Gasteiger charge is -2.23. The molecule has 0 spiro atoms. The van der Waals surface area contributed by atoms with Gasteiger partial charge in [0.05, 0.1) is 5.52 Å². The average molecular weight is 522 g/mol. The highest BCUT2D eigenvalue weighted by molar-refractivity contribution is 6.13. The molecule has 8 aromatic rings. The van der Waals surface area contributed by atoms with Gasteiger partial charge in [0.25, 0.3) is 0 Å². The van der Waals surface area contributed by atoms with Crippen LogP contribution in [-0.4, -0.2) is 4.98 Å². The van der Waals surface area contributed by atoms with E-state index in [0.29, 0.717) is 0 Å². The Labute approximate surface area is 237 Å². The van der Waals surface area contributed by atoms with Crippen molar-refractivity contribution >= 4 is 32.8 Å². The standard InChI is InChI=1S/C39H23NO/c1-2-11-25-24(10-1)26-12-3-5-14-28(26)34-22-36-30(20-21-40-37(36)23-35(34)29-15-6-4-13-27(25)29)32-17-9-18-33-31-16-7-8-19-38(31)41-39(32)33/h1-23H. The van der Waals surface area contributed by atoms with Crippen LogP contribution in [0.25, 0.3) is 88.5 Å². The van der Waals surface area contributed by atoms with Crippen LogP contribution in [0, 0.1) is 0 Å². The Kier molecular flexibility index (Phi) is 4.64. The van der Waals surface area contributed by atoms with Gasteiger partial charge < -0.3 is 4.42 Å². The molecule has 0 saturated heterocycles. The topological polar surface area (TPSA) is 26.0 Å². The van der Waals surface area contributed by atoms with Crippen molar-refractivity contribution in [3.63, 3.8) is 0 Å². The average Bonchev–Trinajstić information content (AvgIpc) is 3.42. The second kappa shape index (κ2) is 8.51. The smallest absolute Gasteiger partial charge is 0.143 e. The largest absolute Gasteiger partial charge is 0.455 e. The highest BCUT2D eigenvalue weighted by Gasteiger charge is 2.23. The summed E-state index contributed by atoms with van der Waals surface area (Å²) in [6.45, 7) is 0. The van der Waals surface area contributed by atoms with Gasteiger partial charge in [0.2, 0.25) is 0 Å². The van der Waals surface area contributed by atoms with Gasteiger partial charge in [0.15, 0.2) is 0 Å². The fourth-order valence-corrected chi connectivity index (χ4v) is 6.69. The summed E-state index contributed by atoms with van der Waals surface area (Å²) in [5.74, 6) is 0. The normalized spacial score (nSPS) is 11.9. The SMILES string of the molecule is c1ccc2c(c1)-c1ccccc1-c1cc3nccc(-c4cccc5c4oc4ccccc45)c3cc1-c1ccccc1-2. The molecule has 9 rings (SSSR count). The van der Waals surface area contributed by atoms with E-state index in [9.17, 15) is 0 Å². The molecular weight excluding hydrogens is 498 g/mol. The number of hydrogen-bond donors (Lipinski definition) is 0. The Morgan fingerprint density at radius 3 is 1.54 bits per heavy atom. The maximum atomic E-state index is 6.46. The first-order chi connectivity index (χ1) is 20.3. The zero-order valence-electron chi connectivity index (χ0n) is 22.1. The van der Waals surface area contributed by atoms with Crippen molar-refractivity contribution in [3.8, 4) is 55.6 Å². The number of hydrogen-bond acceptors (Lipinski definition) is 2. The van der Waals surface area contributed by atoms with Crippen LogP contribution in [0.15, 0.2) is 144 Å². The lowest BCUT2D eigenvalue weighted by molar-refractivity contribution is 0.670. The Balaban J connectivity index is 1.40. The van der Waals surface area contributed by atoms with Crippen molar-refractivity contribution in [2.45, 2.75) is 0 Å². The molecule has 2 heteroatoms. The minimum absolute atomic E-state index is 0.905. The second-order valence-electron chi connectivity index (χ2n) is 10.7. The summed E-state index contributed by atoms with van der Waals surface area (Å²) in [6.07, 6.45) is 1.92. The predicted octanol–water partition coefficient (Wildman–Crippen LogP) is 10.8. The third-order valence-electron chi connectivity index (χ3n) is 8.52. The van der Waals surface area contributed by atoms with Crippen LogP contribution >= 0.6 is 0 Å². The van der Waals surface area contributed by atoms with Crippen molar-refractivity contribution in [2.75, 3.05) is 0 Å². The van der Waals surface area contributed by atoms with Crippen LogP contribution in [0.1, 0.15) is 0 Å². The molecular formula is C39H23NO. The highest BCUT2D eigenvalue weighted by atomic mass is 16.3. The number of pyridine rings is 1. The molecule has 1 aliphatic carbocycles. The molecule has 1 aliphatic rings. The summed E-state index contributed by atoms with van der Waals surface area (Å²) in [7, 11) is 0. The predicted molar refractivity (Wildman–Crippen MR) is 170 cm³/mol. The fraction of sp³-hybridized carbons (Fsp3) is 0. The summed E-state index contributed by atoms with van der Waals surface area (Å²) in [4.78, 5) is 4.89. The van der Waals surface area contributed by atoms with Gasteiger partial charge in [-0.3, -0.25) is 4.98 Å². The summed E-state index contributed by atoms with van der Waals surface area (Å²) >= 11 is 0. The number of furan rings is 1. The molecule has 2 nitrogen and oxygen atoms in total. The molecule has 0 amide bonds. The fourth-order valence-electron chi connectivity index (χ4n) is 6.69. The first-order valence-corrected chi connectivity index (χ1v) is 14.0. The van der Waals surface area contributed by atoms with E-state index in [2.05, 4.69) is 121 Å². The van der Waals surface area contributed by atoms with Crippen molar-refractivity contribution < 1.29 is 4.42 Å². The van der Waals surface area contributed by atoms with Gasteiger partial charge in [-0.2, -0.15) is 0 Å². The lowest BCUT2D eigenvalue weighted by Crippen LogP contribution is -1.98. The molecule has 0 saturated carbocycles. The van der Waals surface area contributed by atoms with Gasteiger partial charge in [-0.1, -0.05) is 109 Å². The number of benzene rings is 6. The number of aromatic nitrogens is 1. The molecule has 2 heterocycles. The van der Waals surface area contributed by atoms with E-state index >= 15 is 0 Å². The van der Waals surface area contributed by atoms with Gasteiger partial charge in [-0.25, -0.2) is 0 Å². The summed E-state index contributed by atoms with van der Waals surface area (Å²) in [5, 5.41) is 3.38. The lowest BCUT2D eigenvalue weighted by atomic mass is 9.80. The first-order valence-electron chi connectivity index (χ1n) is 14.0. The van der Waals surface area contributed by atoms with Gasteiger partial charge in [0, 0.05) is 27.9 Å². The highest BCUT2D eigenvalue weighted by Crippen LogP contribution is 2.49. The van der Waals surface area contributed by atoms with Crippen molar-refractivity contribution in [1.82, 2.24) is 4.98 Å². The maximum Gasteiger partial charge on any atom is 0.143 e. The van der Waals surface area contributed by atoms with Gasteiger partial charge in [-0.05, 0) is 74.3 Å². The molecule has 0 atom stereocenters. The molecule has 0 N–H and O–H groups in total. The number of para-hydroxylation sites is 2. The Morgan fingerprint density at radius 1 is 0.366 bits per heavy atom. The van der Waals surface area contributed by atoms with E-state index in [-0.39, 0.29) is 0 Å². The molecule has 0 unspecified atom stereocenters. The molecule has 2 aromatic heterocycles. The third kappa shape index (κ3) is 3.22. The van der Waals surface area contributed by atoms with Crippen LogP contribution in [0.4, 0.5) is 0 Å². The van der Waals surface area contributed by atoms with E-state index in [1.807, 2.05) is 18.3 Å². The maximum absolute atomic E-state index is 6.46.